The lowest BCUT2D eigenvalue weighted by Gasteiger charge is -2.13. The van der Waals surface area contributed by atoms with E-state index in [1.165, 1.54) is 31.2 Å². The molecule has 1 N–H and O–H groups in total. The standard InChI is InChI=1S/C13H19NO2/c1-15-14-10-11-5-4-8-13(9-11)16-12-6-2-3-7-12/h4-5,8-9,12,14H,2-3,6-7,10H2,1H3. The molecule has 0 bridgehead atoms. The summed E-state index contributed by atoms with van der Waals surface area (Å²) in [5.74, 6) is 0.974. The quantitative estimate of drug-likeness (QED) is 0.775. The van der Waals surface area contributed by atoms with E-state index in [1.54, 1.807) is 7.11 Å². The Morgan fingerprint density at radius 2 is 2.12 bits per heavy atom. The van der Waals surface area contributed by atoms with Gasteiger partial charge in [0, 0.05) is 6.54 Å². The Kier molecular flexibility index (Phi) is 4.19. The third kappa shape index (κ3) is 3.22. The summed E-state index contributed by atoms with van der Waals surface area (Å²) >= 11 is 0. The van der Waals surface area contributed by atoms with Crippen LogP contribution in [0.25, 0.3) is 0 Å². The van der Waals surface area contributed by atoms with Crippen LogP contribution in [-0.2, 0) is 11.4 Å². The SMILES string of the molecule is CONCc1cccc(OC2CCCC2)c1. The van der Waals surface area contributed by atoms with Crippen molar-refractivity contribution < 1.29 is 9.57 Å². The van der Waals surface area contributed by atoms with Crippen LogP contribution in [-0.4, -0.2) is 13.2 Å². The molecule has 1 aromatic carbocycles. The van der Waals surface area contributed by atoms with Crippen LogP contribution < -0.4 is 10.2 Å². The molecular weight excluding hydrogens is 202 g/mol. The zero-order valence-corrected chi connectivity index (χ0v) is 9.74. The molecule has 0 spiro atoms. The number of nitrogens with one attached hydrogen (secondary N) is 1. The molecule has 1 saturated carbocycles. The summed E-state index contributed by atoms with van der Waals surface area (Å²) in [6, 6.07) is 8.18. The normalized spacial score (nSPS) is 16.6. The summed E-state index contributed by atoms with van der Waals surface area (Å²) in [5.41, 5.74) is 4.01. The molecule has 0 aromatic heterocycles. The summed E-state index contributed by atoms with van der Waals surface area (Å²) in [7, 11) is 1.62. The second-order valence-electron chi connectivity index (χ2n) is 4.20. The van der Waals surface area contributed by atoms with E-state index < -0.39 is 0 Å². The van der Waals surface area contributed by atoms with Crippen molar-refractivity contribution in [2.75, 3.05) is 7.11 Å². The molecule has 3 nitrogen and oxygen atoms in total. The lowest BCUT2D eigenvalue weighted by atomic mass is 10.2. The summed E-state index contributed by atoms with van der Waals surface area (Å²) in [6.07, 6.45) is 5.41. The molecule has 1 aromatic rings. The van der Waals surface area contributed by atoms with Crippen molar-refractivity contribution >= 4 is 0 Å². The molecule has 0 radical (unpaired) electrons. The van der Waals surface area contributed by atoms with Crippen molar-refractivity contribution in [2.45, 2.75) is 38.3 Å². The molecule has 0 aliphatic heterocycles. The van der Waals surface area contributed by atoms with E-state index in [4.69, 9.17) is 9.57 Å². The van der Waals surface area contributed by atoms with E-state index in [2.05, 4.69) is 17.6 Å². The molecule has 88 valence electrons. The van der Waals surface area contributed by atoms with Gasteiger partial charge in [0.1, 0.15) is 5.75 Å². The largest absolute Gasteiger partial charge is 0.490 e. The molecule has 3 heteroatoms. The third-order valence-electron chi connectivity index (χ3n) is 2.92. The van der Waals surface area contributed by atoms with Gasteiger partial charge in [0.05, 0.1) is 13.2 Å². The van der Waals surface area contributed by atoms with Gasteiger partial charge in [0.15, 0.2) is 0 Å². The van der Waals surface area contributed by atoms with Gasteiger partial charge in [-0.3, -0.25) is 0 Å². The van der Waals surface area contributed by atoms with Crippen molar-refractivity contribution in [3.05, 3.63) is 29.8 Å². The second-order valence-corrected chi connectivity index (χ2v) is 4.20. The van der Waals surface area contributed by atoms with Gasteiger partial charge in [-0.2, -0.15) is 5.48 Å². The smallest absolute Gasteiger partial charge is 0.120 e. The van der Waals surface area contributed by atoms with Gasteiger partial charge in [0.2, 0.25) is 0 Å². The molecule has 1 aliphatic rings. The van der Waals surface area contributed by atoms with E-state index in [1.807, 2.05) is 12.1 Å². The van der Waals surface area contributed by atoms with Crippen LogP contribution in [0, 0.1) is 0 Å². The first-order valence-corrected chi connectivity index (χ1v) is 5.90. The zero-order chi connectivity index (χ0) is 11.2. The van der Waals surface area contributed by atoms with Crippen molar-refractivity contribution in [2.24, 2.45) is 0 Å². The van der Waals surface area contributed by atoms with Gasteiger partial charge >= 0.3 is 0 Å². The average Bonchev–Trinajstić information content (AvgIpc) is 2.80. The summed E-state index contributed by atoms with van der Waals surface area (Å²) < 4.78 is 5.93. The number of hydrogen-bond donors (Lipinski definition) is 1. The Bertz CT molecular complexity index is 321. The van der Waals surface area contributed by atoms with Crippen molar-refractivity contribution in [1.29, 1.82) is 0 Å². The Morgan fingerprint density at radius 3 is 2.88 bits per heavy atom. The maximum Gasteiger partial charge on any atom is 0.120 e. The maximum absolute atomic E-state index is 5.93. The van der Waals surface area contributed by atoms with Crippen LogP contribution in [0.1, 0.15) is 31.2 Å². The third-order valence-corrected chi connectivity index (χ3v) is 2.92. The molecule has 0 atom stereocenters. The molecule has 0 heterocycles. The average molecular weight is 221 g/mol. The maximum atomic E-state index is 5.93. The van der Waals surface area contributed by atoms with Crippen LogP contribution in [0.3, 0.4) is 0 Å². The lowest BCUT2D eigenvalue weighted by molar-refractivity contribution is 0.0866. The monoisotopic (exact) mass is 221 g/mol. The highest BCUT2D eigenvalue weighted by atomic mass is 16.6. The molecule has 2 rings (SSSR count). The van der Waals surface area contributed by atoms with Crippen LogP contribution in [0.2, 0.25) is 0 Å². The van der Waals surface area contributed by atoms with Crippen molar-refractivity contribution in [3.63, 3.8) is 0 Å². The van der Waals surface area contributed by atoms with E-state index >= 15 is 0 Å². The van der Waals surface area contributed by atoms with Gasteiger partial charge < -0.3 is 9.57 Å². The number of hydrogen-bond acceptors (Lipinski definition) is 3. The predicted octanol–water partition coefficient (Wildman–Crippen LogP) is 2.66. The summed E-state index contributed by atoms with van der Waals surface area (Å²) in [5, 5.41) is 0. The molecular formula is C13H19NO2. The van der Waals surface area contributed by atoms with Gasteiger partial charge in [-0.1, -0.05) is 12.1 Å². The fraction of sp³-hybridized carbons (Fsp3) is 0.538. The van der Waals surface area contributed by atoms with Crippen LogP contribution in [0.4, 0.5) is 0 Å². The van der Waals surface area contributed by atoms with E-state index in [0.717, 1.165) is 5.75 Å². The number of benzene rings is 1. The topological polar surface area (TPSA) is 30.5 Å². The van der Waals surface area contributed by atoms with Crippen molar-refractivity contribution in [1.82, 2.24) is 5.48 Å². The Balaban J connectivity index is 1.92. The van der Waals surface area contributed by atoms with Gasteiger partial charge in [0.25, 0.3) is 0 Å². The van der Waals surface area contributed by atoms with Gasteiger partial charge in [-0.25, -0.2) is 0 Å². The minimum absolute atomic E-state index is 0.422. The van der Waals surface area contributed by atoms with Crippen LogP contribution >= 0.6 is 0 Å². The predicted molar refractivity (Wildman–Crippen MR) is 63.2 cm³/mol. The molecule has 0 amide bonds. The van der Waals surface area contributed by atoms with E-state index in [9.17, 15) is 0 Å². The highest BCUT2D eigenvalue weighted by molar-refractivity contribution is 5.28. The minimum atomic E-state index is 0.422. The lowest BCUT2D eigenvalue weighted by Crippen LogP contribution is -2.12. The zero-order valence-electron chi connectivity index (χ0n) is 9.74. The molecule has 16 heavy (non-hydrogen) atoms. The molecule has 1 aliphatic carbocycles. The molecule has 0 unspecified atom stereocenters. The number of hydroxylamine groups is 1. The van der Waals surface area contributed by atoms with Gasteiger partial charge in [-0.15, -0.1) is 0 Å². The minimum Gasteiger partial charge on any atom is -0.490 e. The first-order valence-electron chi connectivity index (χ1n) is 5.90. The summed E-state index contributed by atoms with van der Waals surface area (Å²) in [6.45, 7) is 0.707. The fourth-order valence-electron chi connectivity index (χ4n) is 2.08. The number of ether oxygens (including phenoxy) is 1. The van der Waals surface area contributed by atoms with E-state index in [0.29, 0.717) is 12.6 Å². The van der Waals surface area contributed by atoms with E-state index in [-0.39, 0.29) is 0 Å². The molecule has 0 saturated heterocycles. The van der Waals surface area contributed by atoms with Crippen LogP contribution in [0.5, 0.6) is 5.75 Å². The first kappa shape index (κ1) is 11.4. The Morgan fingerprint density at radius 1 is 1.31 bits per heavy atom. The first-order chi connectivity index (χ1) is 7.88. The highest BCUT2D eigenvalue weighted by Crippen LogP contribution is 2.24. The Labute approximate surface area is 96.7 Å². The van der Waals surface area contributed by atoms with Crippen molar-refractivity contribution in [3.8, 4) is 5.75 Å². The van der Waals surface area contributed by atoms with Crippen LogP contribution in [0.15, 0.2) is 24.3 Å². The highest BCUT2D eigenvalue weighted by Gasteiger charge is 2.16. The second kappa shape index (κ2) is 5.87. The number of rotatable bonds is 5. The molecule has 1 fully saturated rings. The Hall–Kier alpha value is -1.06. The fourth-order valence-corrected chi connectivity index (χ4v) is 2.08. The summed E-state index contributed by atoms with van der Waals surface area (Å²) in [4.78, 5) is 4.83. The van der Waals surface area contributed by atoms with Gasteiger partial charge in [-0.05, 0) is 43.4 Å².